The molecule has 7 heteroatoms. The van der Waals surface area contributed by atoms with E-state index in [2.05, 4.69) is 5.10 Å². The first-order chi connectivity index (χ1) is 8.49. The van der Waals surface area contributed by atoms with E-state index in [1.165, 1.54) is 28.1 Å². The first-order valence-electron chi connectivity index (χ1n) is 5.19. The normalized spacial score (nSPS) is 12.4. The van der Waals surface area contributed by atoms with Crippen molar-refractivity contribution in [2.24, 2.45) is 0 Å². The molecule has 1 heterocycles. The van der Waals surface area contributed by atoms with E-state index < -0.39 is 6.04 Å². The summed E-state index contributed by atoms with van der Waals surface area (Å²) in [5, 5.41) is 4.79. The fourth-order valence-corrected chi connectivity index (χ4v) is 2.05. The van der Waals surface area contributed by atoms with E-state index in [1.807, 2.05) is 0 Å². The van der Waals surface area contributed by atoms with Crippen molar-refractivity contribution < 1.29 is 9.47 Å². The second-order valence-electron chi connectivity index (χ2n) is 3.84. The number of nitrogens with zero attached hydrogens (tertiary/aromatic N) is 3. The largest absolute Gasteiger partial charge is 0.290 e. The fourth-order valence-electron chi connectivity index (χ4n) is 1.55. The Labute approximate surface area is 114 Å². The van der Waals surface area contributed by atoms with Gasteiger partial charge >= 0.3 is 0 Å². The number of nitrogen functional groups attached to an aromatic ring is 1. The standard InChI is InChI=1S/C11H11Cl2N4O/c1-7(17-6-16(14)5-15-17)11(18)9-3-2-8(12)4-10(9)13/h2-7H,14H2,1H3/q+1. The van der Waals surface area contributed by atoms with Gasteiger partial charge < -0.3 is 0 Å². The molecule has 0 saturated heterocycles. The van der Waals surface area contributed by atoms with Gasteiger partial charge in [0.2, 0.25) is 12.1 Å². The summed E-state index contributed by atoms with van der Waals surface area (Å²) in [4.78, 5) is 12.2. The highest BCUT2D eigenvalue weighted by atomic mass is 35.5. The van der Waals surface area contributed by atoms with E-state index in [0.29, 0.717) is 15.6 Å². The van der Waals surface area contributed by atoms with E-state index in [1.54, 1.807) is 19.1 Å². The van der Waals surface area contributed by atoms with Crippen molar-refractivity contribution in [2.75, 3.05) is 5.84 Å². The zero-order valence-corrected chi connectivity index (χ0v) is 11.1. The fraction of sp³-hybridized carbons (Fsp3) is 0.182. The third-order valence-electron chi connectivity index (χ3n) is 2.54. The van der Waals surface area contributed by atoms with Crippen molar-refractivity contribution in [3.05, 3.63) is 46.5 Å². The van der Waals surface area contributed by atoms with E-state index in [9.17, 15) is 4.79 Å². The quantitative estimate of drug-likeness (QED) is 0.530. The highest BCUT2D eigenvalue weighted by molar-refractivity contribution is 6.36. The molecule has 1 atom stereocenters. The van der Waals surface area contributed by atoms with Crippen LogP contribution in [0.4, 0.5) is 0 Å². The van der Waals surface area contributed by atoms with Crippen LogP contribution in [0.25, 0.3) is 0 Å². The molecule has 0 radical (unpaired) electrons. The lowest BCUT2D eigenvalue weighted by molar-refractivity contribution is -0.639. The van der Waals surface area contributed by atoms with Crippen molar-refractivity contribution in [2.45, 2.75) is 13.0 Å². The molecule has 0 fully saturated rings. The van der Waals surface area contributed by atoms with Crippen LogP contribution in [-0.2, 0) is 0 Å². The van der Waals surface area contributed by atoms with E-state index in [-0.39, 0.29) is 5.78 Å². The summed E-state index contributed by atoms with van der Waals surface area (Å²) in [6, 6.07) is 4.27. The molecule has 0 saturated carbocycles. The smallest absolute Gasteiger partial charge is 0.286 e. The number of carbonyl (C=O) groups excluding carboxylic acids is 1. The van der Waals surface area contributed by atoms with Crippen molar-refractivity contribution in [3.8, 4) is 0 Å². The Morgan fingerprint density at radius 2 is 2.22 bits per heavy atom. The van der Waals surface area contributed by atoms with Crippen molar-refractivity contribution in [3.63, 3.8) is 0 Å². The maximum atomic E-state index is 12.2. The molecule has 0 aliphatic rings. The van der Waals surface area contributed by atoms with Crippen LogP contribution in [-0.4, -0.2) is 15.6 Å². The number of hydrogen-bond acceptors (Lipinski definition) is 3. The first kappa shape index (κ1) is 12.9. The van der Waals surface area contributed by atoms with Gasteiger partial charge in [-0.15, -0.1) is 9.36 Å². The predicted molar refractivity (Wildman–Crippen MR) is 68.1 cm³/mol. The van der Waals surface area contributed by atoms with Gasteiger partial charge in [-0.25, -0.2) is 0 Å². The third-order valence-corrected chi connectivity index (χ3v) is 3.09. The van der Waals surface area contributed by atoms with Gasteiger partial charge in [-0.05, 0) is 25.1 Å². The zero-order valence-electron chi connectivity index (χ0n) is 9.55. The van der Waals surface area contributed by atoms with E-state index in [4.69, 9.17) is 29.0 Å². The lowest BCUT2D eigenvalue weighted by Gasteiger charge is -2.07. The number of rotatable bonds is 3. The summed E-state index contributed by atoms with van der Waals surface area (Å²) in [6.07, 6.45) is 2.93. The molecule has 1 unspecified atom stereocenters. The summed E-state index contributed by atoms with van der Waals surface area (Å²) in [5.41, 5.74) is 0.410. The van der Waals surface area contributed by atoms with Crippen LogP contribution in [0.15, 0.2) is 30.9 Å². The summed E-state index contributed by atoms with van der Waals surface area (Å²) in [7, 11) is 0. The highest BCUT2D eigenvalue weighted by Gasteiger charge is 2.24. The Hall–Kier alpha value is -1.59. The lowest BCUT2D eigenvalue weighted by Crippen LogP contribution is -2.42. The molecule has 0 aliphatic heterocycles. The first-order valence-corrected chi connectivity index (χ1v) is 5.94. The minimum absolute atomic E-state index is 0.152. The van der Waals surface area contributed by atoms with Crippen molar-refractivity contribution in [1.82, 2.24) is 9.78 Å². The summed E-state index contributed by atoms with van der Waals surface area (Å²) in [6.45, 7) is 1.72. The molecule has 18 heavy (non-hydrogen) atoms. The van der Waals surface area contributed by atoms with Gasteiger partial charge in [0.15, 0.2) is 6.04 Å². The maximum Gasteiger partial charge on any atom is 0.286 e. The molecule has 0 aliphatic carbocycles. The SMILES string of the molecule is CC(C(=O)c1ccc(Cl)cc1Cl)n1c[n+](N)cn1. The summed E-state index contributed by atoms with van der Waals surface area (Å²) >= 11 is 11.8. The number of aromatic nitrogens is 3. The van der Waals surface area contributed by atoms with Gasteiger partial charge in [-0.3, -0.25) is 10.6 Å². The molecule has 1 aromatic heterocycles. The van der Waals surface area contributed by atoms with Gasteiger partial charge in [-0.1, -0.05) is 23.2 Å². The number of hydrogen-bond donors (Lipinski definition) is 1. The maximum absolute atomic E-state index is 12.2. The Kier molecular flexibility index (Phi) is 3.54. The Balaban J connectivity index is 2.31. The van der Waals surface area contributed by atoms with Crippen LogP contribution in [0, 0.1) is 0 Å². The van der Waals surface area contributed by atoms with Crippen LogP contribution >= 0.6 is 23.2 Å². The van der Waals surface area contributed by atoms with Crippen molar-refractivity contribution in [1.29, 1.82) is 0 Å². The minimum Gasteiger partial charge on any atom is -0.290 e. The molecule has 0 amide bonds. The number of halogens is 2. The topological polar surface area (TPSA) is 64.8 Å². The average molecular weight is 286 g/mol. The molecule has 1 aromatic carbocycles. The highest BCUT2D eigenvalue weighted by Crippen LogP contribution is 2.24. The van der Waals surface area contributed by atoms with Gasteiger partial charge in [0.1, 0.15) is 0 Å². The molecule has 0 bridgehead atoms. The molecule has 2 N–H and O–H groups in total. The molecule has 5 nitrogen and oxygen atoms in total. The molecule has 2 aromatic rings. The summed E-state index contributed by atoms with van der Waals surface area (Å²) < 4.78 is 2.74. The van der Waals surface area contributed by atoms with Crippen molar-refractivity contribution >= 4 is 29.0 Å². The van der Waals surface area contributed by atoms with Gasteiger partial charge in [0, 0.05) is 15.7 Å². The molecule has 2 rings (SSSR count). The minimum atomic E-state index is -0.492. The van der Waals surface area contributed by atoms with Crippen LogP contribution in [0.1, 0.15) is 23.3 Å². The summed E-state index contributed by atoms with van der Waals surface area (Å²) in [5.74, 6) is 5.33. The van der Waals surface area contributed by atoms with Gasteiger partial charge in [0.25, 0.3) is 6.33 Å². The molecule has 94 valence electrons. The molecular formula is C11H11Cl2N4O+. The van der Waals surface area contributed by atoms with Crippen LogP contribution in [0.2, 0.25) is 10.0 Å². The Morgan fingerprint density at radius 3 is 2.78 bits per heavy atom. The lowest BCUT2D eigenvalue weighted by atomic mass is 10.1. The average Bonchev–Trinajstić information content (AvgIpc) is 2.74. The number of nitrogens with two attached hydrogens (primary N) is 1. The van der Waals surface area contributed by atoms with Crippen LogP contribution in [0.5, 0.6) is 0 Å². The number of Topliss-reactive ketones (excluding diaryl/α,β-unsaturated/α-hetero) is 1. The second kappa shape index (κ2) is 4.96. The number of ketones is 1. The van der Waals surface area contributed by atoms with Gasteiger partial charge in [0.05, 0.1) is 5.02 Å². The van der Waals surface area contributed by atoms with Gasteiger partial charge in [-0.2, -0.15) is 0 Å². The Morgan fingerprint density at radius 1 is 1.50 bits per heavy atom. The van der Waals surface area contributed by atoms with E-state index in [0.717, 1.165) is 0 Å². The monoisotopic (exact) mass is 285 g/mol. The van der Waals surface area contributed by atoms with E-state index >= 15 is 0 Å². The number of benzene rings is 1. The molecule has 0 spiro atoms. The molecular weight excluding hydrogens is 275 g/mol. The number of carbonyl (C=O) groups is 1. The van der Waals surface area contributed by atoms with Crippen LogP contribution in [0.3, 0.4) is 0 Å². The third kappa shape index (κ3) is 2.47. The Bertz CT molecular complexity index is 596. The second-order valence-corrected chi connectivity index (χ2v) is 4.68. The zero-order chi connectivity index (χ0) is 13.3. The predicted octanol–water partition coefficient (Wildman–Crippen LogP) is 1.64. The van der Waals surface area contributed by atoms with Crippen LogP contribution < -0.4 is 10.5 Å².